The molecule has 0 bridgehead atoms. The van der Waals surface area contributed by atoms with Gasteiger partial charge in [-0.15, -0.1) is 0 Å². The van der Waals surface area contributed by atoms with Crippen molar-refractivity contribution in [1.82, 2.24) is 10.1 Å². The number of aromatic nitrogens is 2. The minimum atomic E-state index is -0.420. The third-order valence-corrected chi connectivity index (χ3v) is 3.45. The van der Waals surface area contributed by atoms with Crippen molar-refractivity contribution in [1.29, 1.82) is 0 Å². The van der Waals surface area contributed by atoms with Gasteiger partial charge < -0.3 is 19.9 Å². The van der Waals surface area contributed by atoms with Gasteiger partial charge in [0.05, 0.1) is 18.2 Å². The van der Waals surface area contributed by atoms with Crippen molar-refractivity contribution in [3.63, 3.8) is 0 Å². The predicted molar refractivity (Wildman–Crippen MR) is 94.5 cm³/mol. The van der Waals surface area contributed by atoms with E-state index in [1.807, 2.05) is 0 Å². The number of methoxy groups -OCH3 is 1. The Bertz CT molecular complexity index is 934. The zero-order valence-electron chi connectivity index (χ0n) is 14.1. The van der Waals surface area contributed by atoms with E-state index in [1.54, 1.807) is 49.4 Å². The Balaban J connectivity index is 1.68. The number of nitrogens with one attached hydrogen (secondary N) is 2. The molecule has 0 atom stereocenters. The lowest BCUT2D eigenvalue weighted by molar-refractivity contribution is 0.0600. The SMILES string of the molecule is COC(=O)c1cccc(Nc2ccc(C(=O)Nc3cc(C)on3)cn2)c1. The number of ether oxygens (including phenoxy) is 1. The first-order chi connectivity index (χ1) is 12.5. The third kappa shape index (κ3) is 4.04. The average Bonchev–Trinajstić information content (AvgIpc) is 3.06. The van der Waals surface area contributed by atoms with Gasteiger partial charge in [0.15, 0.2) is 5.82 Å². The second-order valence-corrected chi connectivity index (χ2v) is 5.41. The molecule has 3 rings (SSSR count). The van der Waals surface area contributed by atoms with Crippen LogP contribution in [0.4, 0.5) is 17.3 Å². The van der Waals surface area contributed by atoms with Crippen molar-refractivity contribution >= 4 is 29.2 Å². The zero-order chi connectivity index (χ0) is 18.5. The second-order valence-electron chi connectivity index (χ2n) is 5.41. The van der Waals surface area contributed by atoms with Crippen LogP contribution in [0, 0.1) is 6.92 Å². The molecule has 0 unspecified atom stereocenters. The molecule has 3 aromatic rings. The van der Waals surface area contributed by atoms with Crippen molar-refractivity contribution in [3.8, 4) is 0 Å². The predicted octanol–water partition coefficient (Wildman–Crippen LogP) is 3.16. The number of carbonyl (C=O) groups excluding carboxylic acids is 2. The molecule has 0 radical (unpaired) electrons. The topological polar surface area (TPSA) is 106 Å². The molecule has 8 heteroatoms. The van der Waals surface area contributed by atoms with Gasteiger partial charge in [-0.25, -0.2) is 9.78 Å². The first-order valence-corrected chi connectivity index (χ1v) is 7.71. The molecule has 8 nitrogen and oxygen atoms in total. The fourth-order valence-corrected chi connectivity index (χ4v) is 2.21. The van der Waals surface area contributed by atoms with Gasteiger partial charge in [0.2, 0.25) is 0 Å². The summed E-state index contributed by atoms with van der Waals surface area (Å²) in [6.07, 6.45) is 1.44. The van der Waals surface area contributed by atoms with Crippen LogP contribution in [-0.2, 0) is 4.74 Å². The lowest BCUT2D eigenvalue weighted by atomic mass is 10.2. The Morgan fingerprint density at radius 1 is 1.08 bits per heavy atom. The van der Waals surface area contributed by atoms with Crippen LogP contribution < -0.4 is 10.6 Å². The van der Waals surface area contributed by atoms with Gasteiger partial charge in [0.25, 0.3) is 5.91 Å². The Morgan fingerprint density at radius 2 is 1.92 bits per heavy atom. The average molecular weight is 352 g/mol. The number of hydrogen-bond acceptors (Lipinski definition) is 7. The number of pyridine rings is 1. The number of hydrogen-bond donors (Lipinski definition) is 2. The molecule has 0 spiro atoms. The van der Waals surface area contributed by atoms with E-state index in [1.165, 1.54) is 13.3 Å². The molecule has 0 saturated carbocycles. The first-order valence-electron chi connectivity index (χ1n) is 7.71. The van der Waals surface area contributed by atoms with Crippen LogP contribution in [-0.4, -0.2) is 29.1 Å². The number of benzene rings is 1. The summed E-state index contributed by atoms with van der Waals surface area (Å²) in [6.45, 7) is 1.74. The summed E-state index contributed by atoms with van der Waals surface area (Å²) in [5, 5.41) is 9.39. The lowest BCUT2D eigenvalue weighted by Crippen LogP contribution is -2.12. The Hall–Kier alpha value is -3.68. The molecule has 132 valence electrons. The van der Waals surface area contributed by atoms with Gasteiger partial charge in [-0.1, -0.05) is 11.2 Å². The summed E-state index contributed by atoms with van der Waals surface area (Å²) in [7, 11) is 1.33. The van der Waals surface area contributed by atoms with Crippen LogP contribution in [0.25, 0.3) is 0 Å². The van der Waals surface area contributed by atoms with Crippen LogP contribution in [0.15, 0.2) is 53.2 Å². The summed E-state index contributed by atoms with van der Waals surface area (Å²) in [5.41, 5.74) is 1.48. The molecule has 26 heavy (non-hydrogen) atoms. The van der Waals surface area contributed by atoms with Gasteiger partial charge in [-0.05, 0) is 37.3 Å². The van der Waals surface area contributed by atoms with Crippen molar-refractivity contribution < 1.29 is 18.8 Å². The molecule has 0 aliphatic carbocycles. The number of anilines is 3. The Morgan fingerprint density at radius 3 is 2.58 bits per heavy atom. The highest BCUT2D eigenvalue weighted by molar-refractivity contribution is 6.03. The third-order valence-electron chi connectivity index (χ3n) is 3.45. The second kappa shape index (κ2) is 7.47. The summed E-state index contributed by atoms with van der Waals surface area (Å²) in [5.74, 6) is 0.712. The molecule has 2 heterocycles. The van der Waals surface area contributed by atoms with E-state index in [0.29, 0.717) is 34.2 Å². The zero-order valence-corrected chi connectivity index (χ0v) is 14.1. The van der Waals surface area contributed by atoms with Crippen molar-refractivity contribution in [3.05, 3.63) is 65.5 Å². The number of aryl methyl sites for hydroxylation is 1. The molecule has 1 aromatic carbocycles. The minimum Gasteiger partial charge on any atom is -0.465 e. The molecule has 0 fully saturated rings. The standard InChI is InChI=1S/C18H16N4O4/c1-11-8-16(22-26-11)21-17(23)13-6-7-15(19-10-13)20-14-5-3-4-12(9-14)18(24)25-2/h3-10H,1-2H3,(H,19,20)(H,21,22,23). The molecular formula is C18H16N4O4. The molecule has 0 aliphatic heterocycles. The number of rotatable bonds is 5. The van der Waals surface area contributed by atoms with E-state index >= 15 is 0 Å². The Kier molecular flexibility index (Phi) is 4.93. The fourth-order valence-electron chi connectivity index (χ4n) is 2.21. The van der Waals surface area contributed by atoms with Gasteiger partial charge in [-0.2, -0.15) is 0 Å². The smallest absolute Gasteiger partial charge is 0.337 e. The van der Waals surface area contributed by atoms with Crippen molar-refractivity contribution in [2.45, 2.75) is 6.92 Å². The fraction of sp³-hybridized carbons (Fsp3) is 0.111. The summed E-state index contributed by atoms with van der Waals surface area (Å²) < 4.78 is 9.59. The van der Waals surface area contributed by atoms with E-state index in [-0.39, 0.29) is 5.91 Å². The van der Waals surface area contributed by atoms with Gasteiger partial charge in [0.1, 0.15) is 11.6 Å². The largest absolute Gasteiger partial charge is 0.465 e. The summed E-state index contributed by atoms with van der Waals surface area (Å²) >= 11 is 0. The molecule has 1 amide bonds. The van der Waals surface area contributed by atoms with Crippen LogP contribution in [0.2, 0.25) is 0 Å². The van der Waals surface area contributed by atoms with Gasteiger partial charge >= 0.3 is 5.97 Å². The number of carbonyl (C=O) groups is 2. The maximum atomic E-state index is 12.1. The number of amides is 1. The van der Waals surface area contributed by atoms with E-state index in [9.17, 15) is 9.59 Å². The molecule has 0 saturated heterocycles. The molecular weight excluding hydrogens is 336 g/mol. The van der Waals surface area contributed by atoms with Crippen LogP contribution in [0.5, 0.6) is 0 Å². The van der Waals surface area contributed by atoms with Gasteiger partial charge in [0, 0.05) is 18.0 Å². The summed E-state index contributed by atoms with van der Waals surface area (Å²) in [6, 6.07) is 11.7. The lowest BCUT2D eigenvalue weighted by Gasteiger charge is -2.08. The highest BCUT2D eigenvalue weighted by atomic mass is 16.5. The van der Waals surface area contributed by atoms with E-state index < -0.39 is 5.97 Å². The van der Waals surface area contributed by atoms with Crippen molar-refractivity contribution in [2.75, 3.05) is 17.7 Å². The van der Waals surface area contributed by atoms with Crippen molar-refractivity contribution in [2.24, 2.45) is 0 Å². The number of esters is 1. The normalized spacial score (nSPS) is 10.2. The molecule has 0 aliphatic rings. The highest BCUT2D eigenvalue weighted by Gasteiger charge is 2.10. The van der Waals surface area contributed by atoms with Crippen LogP contribution in [0.3, 0.4) is 0 Å². The van der Waals surface area contributed by atoms with Crippen LogP contribution >= 0.6 is 0 Å². The highest BCUT2D eigenvalue weighted by Crippen LogP contribution is 2.17. The van der Waals surface area contributed by atoms with Gasteiger partial charge in [-0.3, -0.25) is 4.79 Å². The number of nitrogens with zero attached hydrogens (tertiary/aromatic N) is 2. The first kappa shape index (κ1) is 17.2. The Labute approximate surface area is 149 Å². The van der Waals surface area contributed by atoms with E-state index in [0.717, 1.165) is 0 Å². The molecule has 2 N–H and O–H groups in total. The van der Waals surface area contributed by atoms with Crippen LogP contribution in [0.1, 0.15) is 26.5 Å². The maximum absolute atomic E-state index is 12.1. The maximum Gasteiger partial charge on any atom is 0.337 e. The van der Waals surface area contributed by atoms with E-state index in [4.69, 9.17) is 9.26 Å². The summed E-state index contributed by atoms with van der Waals surface area (Å²) in [4.78, 5) is 27.9. The quantitative estimate of drug-likeness (QED) is 0.679. The minimum absolute atomic E-state index is 0.342. The van der Waals surface area contributed by atoms with E-state index in [2.05, 4.69) is 20.8 Å². The monoisotopic (exact) mass is 352 g/mol. The molecule has 2 aromatic heterocycles.